The summed E-state index contributed by atoms with van der Waals surface area (Å²) in [5.41, 5.74) is 6.45. The van der Waals surface area contributed by atoms with Gasteiger partial charge in [0.15, 0.2) is 11.5 Å². The van der Waals surface area contributed by atoms with Gasteiger partial charge in [0, 0.05) is 50.3 Å². The van der Waals surface area contributed by atoms with Crippen molar-refractivity contribution >= 4 is 5.91 Å². The highest BCUT2D eigenvalue weighted by atomic mass is 16.5. The number of nitrogens with zero attached hydrogens (tertiary/aromatic N) is 3. The number of hydrogen-bond acceptors (Lipinski definition) is 6. The van der Waals surface area contributed by atoms with Crippen LogP contribution >= 0.6 is 0 Å². The number of ether oxygens (including phenoxy) is 3. The van der Waals surface area contributed by atoms with Crippen LogP contribution in [0, 0.1) is 6.92 Å². The Balaban J connectivity index is 1.53. The topological polar surface area (TPSA) is 79.9 Å². The van der Waals surface area contributed by atoms with Crippen LogP contribution in [0.2, 0.25) is 0 Å². The van der Waals surface area contributed by atoms with Gasteiger partial charge in [0.1, 0.15) is 6.10 Å². The Bertz CT molecular complexity index is 1260. The van der Waals surface area contributed by atoms with Gasteiger partial charge in [-0.2, -0.15) is 0 Å². The van der Waals surface area contributed by atoms with Crippen molar-refractivity contribution in [3.63, 3.8) is 0 Å². The van der Waals surface area contributed by atoms with E-state index in [1.807, 2.05) is 30.9 Å². The fourth-order valence-electron chi connectivity index (χ4n) is 5.70. The molecule has 1 saturated heterocycles. The summed E-state index contributed by atoms with van der Waals surface area (Å²) in [4.78, 5) is 25.1. The first-order chi connectivity index (χ1) is 19.0. The van der Waals surface area contributed by atoms with Crippen molar-refractivity contribution in [2.45, 2.75) is 58.7 Å². The molecule has 1 fully saturated rings. The first-order valence-electron chi connectivity index (χ1n) is 14.1. The van der Waals surface area contributed by atoms with Gasteiger partial charge in [-0.3, -0.25) is 9.69 Å². The molecule has 1 unspecified atom stereocenters. The van der Waals surface area contributed by atoms with E-state index in [9.17, 15) is 4.79 Å². The molecule has 0 radical (unpaired) electrons. The number of aryl methyl sites for hydroxylation is 1. The molecule has 39 heavy (non-hydrogen) atoms. The first kappa shape index (κ1) is 27.2. The average Bonchev–Trinajstić information content (AvgIpc) is 3.37. The van der Waals surface area contributed by atoms with Crippen molar-refractivity contribution in [3.8, 4) is 11.5 Å². The van der Waals surface area contributed by atoms with Gasteiger partial charge in [-0.15, -0.1) is 0 Å². The molecule has 1 N–H and O–H groups in total. The summed E-state index contributed by atoms with van der Waals surface area (Å²) in [6.45, 7) is 10.5. The third-order valence-corrected chi connectivity index (χ3v) is 8.03. The molecule has 2 aliphatic heterocycles. The molecule has 1 aromatic heterocycles. The van der Waals surface area contributed by atoms with Crippen molar-refractivity contribution in [1.29, 1.82) is 0 Å². The number of carbonyl (C=O) groups excluding carboxylic acids is 1. The largest absolute Gasteiger partial charge is 0.493 e. The fourth-order valence-corrected chi connectivity index (χ4v) is 5.70. The Hall–Kier alpha value is -3.36. The number of aromatic nitrogens is 2. The first-order valence-corrected chi connectivity index (χ1v) is 14.1. The van der Waals surface area contributed by atoms with Crippen LogP contribution in [0.15, 0.2) is 42.7 Å². The van der Waals surface area contributed by atoms with Gasteiger partial charge in [0.2, 0.25) is 0 Å². The summed E-state index contributed by atoms with van der Waals surface area (Å²) in [6.07, 6.45) is 4.52. The molecule has 1 atom stereocenters. The summed E-state index contributed by atoms with van der Waals surface area (Å²) < 4.78 is 17.8. The number of fused-ring (bicyclic) bond motifs is 1. The number of aromatic amines is 1. The molecule has 0 spiro atoms. The lowest BCUT2D eigenvalue weighted by Gasteiger charge is -2.38. The van der Waals surface area contributed by atoms with Crippen molar-refractivity contribution in [2.75, 3.05) is 40.0 Å². The maximum Gasteiger partial charge on any atom is 0.253 e. The molecule has 0 aliphatic carbocycles. The Labute approximate surface area is 231 Å². The van der Waals surface area contributed by atoms with Gasteiger partial charge in [-0.1, -0.05) is 12.1 Å². The lowest BCUT2D eigenvalue weighted by Crippen LogP contribution is -2.36. The summed E-state index contributed by atoms with van der Waals surface area (Å²) in [7, 11) is 1.71. The molecule has 3 heterocycles. The number of carbonyl (C=O) groups is 1. The molecule has 8 nitrogen and oxygen atoms in total. The average molecular weight is 533 g/mol. The van der Waals surface area contributed by atoms with E-state index < -0.39 is 0 Å². The number of methoxy groups -OCH3 is 1. The summed E-state index contributed by atoms with van der Waals surface area (Å²) in [5.74, 6) is 1.62. The highest BCUT2D eigenvalue weighted by Crippen LogP contribution is 2.42. The summed E-state index contributed by atoms with van der Waals surface area (Å²) >= 11 is 0. The minimum Gasteiger partial charge on any atom is -0.493 e. The number of amides is 1. The number of imidazole rings is 1. The van der Waals surface area contributed by atoms with Crippen LogP contribution in [-0.2, 0) is 17.7 Å². The highest BCUT2D eigenvalue weighted by molar-refractivity contribution is 5.94. The summed E-state index contributed by atoms with van der Waals surface area (Å²) in [5, 5.41) is 0. The predicted molar refractivity (Wildman–Crippen MR) is 150 cm³/mol. The van der Waals surface area contributed by atoms with Crippen LogP contribution in [0.5, 0.6) is 11.5 Å². The maximum absolute atomic E-state index is 13.0. The molecular weight excluding hydrogens is 492 g/mol. The minimum atomic E-state index is -0.00889. The SMILES string of the molecule is CCN(CC)C(=O)c1ccc(C2c3cc(OC4CCOCC4)c(OC)cc3CCN2Cc2nc[nH]c2C)cc1. The van der Waals surface area contributed by atoms with E-state index in [1.54, 1.807) is 13.4 Å². The second-order valence-electron chi connectivity index (χ2n) is 10.3. The number of H-pyrrole nitrogens is 1. The van der Waals surface area contributed by atoms with Gasteiger partial charge in [0.25, 0.3) is 5.91 Å². The van der Waals surface area contributed by atoms with Crippen molar-refractivity contribution < 1.29 is 19.0 Å². The Morgan fingerprint density at radius 2 is 1.87 bits per heavy atom. The lowest BCUT2D eigenvalue weighted by molar-refractivity contribution is 0.0244. The minimum absolute atomic E-state index is 0.00889. The molecule has 2 aromatic carbocycles. The molecule has 0 saturated carbocycles. The molecule has 208 valence electrons. The van der Waals surface area contributed by atoms with Crippen molar-refractivity contribution in [2.24, 2.45) is 0 Å². The molecular formula is C31H40N4O4. The van der Waals surface area contributed by atoms with Gasteiger partial charge in [0.05, 0.1) is 38.4 Å². The van der Waals surface area contributed by atoms with E-state index in [0.717, 1.165) is 74.0 Å². The molecule has 2 aliphatic rings. The van der Waals surface area contributed by atoms with Crippen LogP contribution in [-0.4, -0.2) is 71.7 Å². The van der Waals surface area contributed by atoms with Gasteiger partial charge < -0.3 is 24.1 Å². The van der Waals surface area contributed by atoms with Crippen LogP contribution in [0.25, 0.3) is 0 Å². The number of rotatable bonds is 9. The van der Waals surface area contributed by atoms with E-state index in [2.05, 4.69) is 46.1 Å². The maximum atomic E-state index is 13.0. The van der Waals surface area contributed by atoms with Gasteiger partial charge >= 0.3 is 0 Å². The van der Waals surface area contributed by atoms with E-state index >= 15 is 0 Å². The molecule has 8 heteroatoms. The molecule has 3 aromatic rings. The van der Waals surface area contributed by atoms with Crippen molar-refractivity contribution in [1.82, 2.24) is 19.8 Å². The molecule has 1 amide bonds. The number of benzene rings is 2. The highest BCUT2D eigenvalue weighted by Gasteiger charge is 2.32. The second-order valence-corrected chi connectivity index (χ2v) is 10.3. The third-order valence-electron chi connectivity index (χ3n) is 8.03. The van der Waals surface area contributed by atoms with Crippen LogP contribution < -0.4 is 9.47 Å². The predicted octanol–water partition coefficient (Wildman–Crippen LogP) is 4.91. The Morgan fingerprint density at radius 3 is 2.51 bits per heavy atom. The van der Waals surface area contributed by atoms with Crippen molar-refractivity contribution in [3.05, 3.63) is 76.4 Å². The smallest absolute Gasteiger partial charge is 0.253 e. The zero-order valence-corrected chi connectivity index (χ0v) is 23.5. The second kappa shape index (κ2) is 12.2. The Kier molecular flexibility index (Phi) is 8.53. The quantitative estimate of drug-likeness (QED) is 0.422. The van der Waals surface area contributed by atoms with E-state index in [-0.39, 0.29) is 18.1 Å². The van der Waals surface area contributed by atoms with Crippen LogP contribution in [0.1, 0.15) is 71.2 Å². The lowest BCUT2D eigenvalue weighted by atomic mass is 9.87. The standard InChI is InChI=1S/C31H40N4O4/c1-5-34(6-2)31(36)23-9-7-22(8-10-23)30-26-18-29(39-25-12-15-38-16-13-25)28(37-4)17-24(26)11-14-35(30)19-27-21(3)32-20-33-27/h7-10,17-18,20,25,30H,5-6,11-16,19H2,1-4H3,(H,32,33). The van der Waals surface area contributed by atoms with Gasteiger partial charge in [-0.05, 0) is 68.1 Å². The van der Waals surface area contributed by atoms with Crippen LogP contribution in [0.4, 0.5) is 0 Å². The molecule has 5 rings (SSSR count). The van der Waals surface area contributed by atoms with E-state index in [4.69, 9.17) is 14.2 Å². The monoisotopic (exact) mass is 532 g/mol. The normalized spacial score (nSPS) is 18.0. The zero-order chi connectivity index (χ0) is 27.4. The van der Waals surface area contributed by atoms with E-state index in [0.29, 0.717) is 18.7 Å². The molecule has 0 bridgehead atoms. The number of hydrogen-bond donors (Lipinski definition) is 1. The van der Waals surface area contributed by atoms with Crippen LogP contribution in [0.3, 0.4) is 0 Å². The zero-order valence-electron chi connectivity index (χ0n) is 23.5. The third kappa shape index (κ3) is 5.82. The van der Waals surface area contributed by atoms with Gasteiger partial charge in [-0.25, -0.2) is 4.98 Å². The van der Waals surface area contributed by atoms with E-state index in [1.165, 1.54) is 11.1 Å². The number of nitrogens with one attached hydrogen (secondary N) is 1. The fraction of sp³-hybridized carbons (Fsp3) is 0.484. The summed E-state index contributed by atoms with van der Waals surface area (Å²) in [6, 6.07) is 12.4. The Morgan fingerprint density at radius 1 is 1.13 bits per heavy atom.